The summed E-state index contributed by atoms with van der Waals surface area (Å²) in [7, 11) is 0. The van der Waals surface area contributed by atoms with Crippen molar-refractivity contribution in [1.29, 1.82) is 0 Å². The topological polar surface area (TPSA) is 67.5 Å². The Morgan fingerprint density at radius 2 is 1.92 bits per heavy atom. The highest BCUT2D eigenvalue weighted by Crippen LogP contribution is 2.48. The quantitative estimate of drug-likeness (QED) is 0.742. The van der Waals surface area contributed by atoms with Crippen LogP contribution in [0.15, 0.2) is 57.7 Å². The Labute approximate surface area is 138 Å². The molecule has 1 aliphatic carbocycles. The minimum absolute atomic E-state index is 0.0133. The maximum absolute atomic E-state index is 12.0. The van der Waals surface area contributed by atoms with Crippen molar-refractivity contribution >= 4 is 16.9 Å². The van der Waals surface area contributed by atoms with Crippen LogP contribution in [0.5, 0.6) is 0 Å². The van der Waals surface area contributed by atoms with Crippen LogP contribution in [0, 0.1) is 12.8 Å². The molecule has 4 rings (SSSR count). The molecule has 24 heavy (non-hydrogen) atoms. The summed E-state index contributed by atoms with van der Waals surface area (Å²) in [6.07, 6.45) is 0.641. The fourth-order valence-electron chi connectivity index (χ4n) is 3.34. The molecule has 0 spiro atoms. The molecule has 1 fully saturated rings. The van der Waals surface area contributed by atoms with Gasteiger partial charge in [0.2, 0.25) is 0 Å². The molecule has 0 amide bonds. The van der Waals surface area contributed by atoms with E-state index >= 15 is 0 Å². The third-order valence-electron chi connectivity index (χ3n) is 4.74. The molecule has 1 saturated carbocycles. The van der Waals surface area contributed by atoms with Crippen LogP contribution in [0.2, 0.25) is 0 Å². The minimum Gasteiger partial charge on any atom is -0.481 e. The van der Waals surface area contributed by atoms with Crippen molar-refractivity contribution in [3.05, 3.63) is 70.1 Å². The third-order valence-corrected chi connectivity index (χ3v) is 4.74. The molecule has 0 radical (unpaired) electrons. The van der Waals surface area contributed by atoms with Crippen molar-refractivity contribution in [2.24, 2.45) is 5.92 Å². The maximum atomic E-state index is 12.0. The predicted molar refractivity (Wildman–Crippen MR) is 91.1 cm³/mol. The first-order valence-electron chi connectivity index (χ1n) is 7.91. The van der Waals surface area contributed by atoms with E-state index in [1.807, 2.05) is 49.4 Å². The highest BCUT2D eigenvalue weighted by atomic mass is 16.4. The number of aliphatic carboxylic acids is 1. The van der Waals surface area contributed by atoms with Crippen LogP contribution in [0.25, 0.3) is 22.1 Å². The van der Waals surface area contributed by atoms with Crippen molar-refractivity contribution in [2.75, 3.05) is 0 Å². The number of carbonyl (C=O) groups is 1. The normalized spacial score (nSPS) is 19.4. The molecule has 1 N–H and O–H groups in total. The standard InChI is InChI=1S/C20H16O4/c1-11-4-2-3-5-13(11)16-10-19(21)24-18-8-12(6-7-14(16)18)15-9-17(15)20(22)23/h2-8,10,15,17H,9H2,1H3,(H,22,23). The van der Waals surface area contributed by atoms with E-state index in [4.69, 9.17) is 9.52 Å². The monoisotopic (exact) mass is 320 g/mol. The average Bonchev–Trinajstić information content (AvgIpc) is 3.35. The number of carboxylic acid groups (broad SMARTS) is 1. The highest BCUT2D eigenvalue weighted by molar-refractivity contribution is 5.94. The van der Waals surface area contributed by atoms with Gasteiger partial charge in [0, 0.05) is 17.0 Å². The maximum Gasteiger partial charge on any atom is 0.336 e. The van der Waals surface area contributed by atoms with Gasteiger partial charge < -0.3 is 9.52 Å². The summed E-state index contributed by atoms with van der Waals surface area (Å²) < 4.78 is 5.38. The van der Waals surface area contributed by atoms with Crippen LogP contribution in [0.1, 0.15) is 23.5 Å². The molecule has 1 aromatic heterocycles. The van der Waals surface area contributed by atoms with Gasteiger partial charge in [-0.05, 0) is 42.0 Å². The highest BCUT2D eigenvalue weighted by Gasteiger charge is 2.44. The molecule has 3 aromatic rings. The van der Waals surface area contributed by atoms with Gasteiger partial charge in [0.1, 0.15) is 5.58 Å². The van der Waals surface area contributed by atoms with Crippen molar-refractivity contribution < 1.29 is 14.3 Å². The van der Waals surface area contributed by atoms with Crippen molar-refractivity contribution in [1.82, 2.24) is 0 Å². The van der Waals surface area contributed by atoms with Crippen LogP contribution >= 0.6 is 0 Å². The van der Waals surface area contributed by atoms with Gasteiger partial charge in [0.15, 0.2) is 0 Å². The van der Waals surface area contributed by atoms with E-state index in [1.165, 1.54) is 6.07 Å². The second kappa shape index (κ2) is 5.34. The molecule has 0 aliphatic heterocycles. The second-order valence-electron chi connectivity index (χ2n) is 6.34. The molecule has 0 saturated heterocycles. The van der Waals surface area contributed by atoms with E-state index in [-0.39, 0.29) is 11.8 Å². The fourth-order valence-corrected chi connectivity index (χ4v) is 3.34. The first-order valence-corrected chi connectivity index (χ1v) is 7.91. The van der Waals surface area contributed by atoms with Crippen LogP contribution in [-0.4, -0.2) is 11.1 Å². The number of carboxylic acids is 1. The molecule has 2 unspecified atom stereocenters. The molecular formula is C20H16O4. The average molecular weight is 320 g/mol. The molecule has 1 aliphatic rings. The first kappa shape index (κ1) is 14.7. The summed E-state index contributed by atoms with van der Waals surface area (Å²) in [5.41, 5.74) is 3.95. The number of rotatable bonds is 3. The molecule has 4 heteroatoms. The molecule has 0 bridgehead atoms. The summed E-state index contributed by atoms with van der Waals surface area (Å²) in [6, 6.07) is 15.1. The zero-order valence-corrected chi connectivity index (χ0v) is 13.2. The molecule has 2 atom stereocenters. The van der Waals surface area contributed by atoms with Gasteiger partial charge in [-0.1, -0.05) is 36.4 Å². The zero-order valence-electron chi connectivity index (χ0n) is 13.2. The van der Waals surface area contributed by atoms with Gasteiger partial charge in [0.05, 0.1) is 5.92 Å². The summed E-state index contributed by atoms with van der Waals surface area (Å²) in [6.45, 7) is 2.01. The first-order chi connectivity index (χ1) is 11.5. The van der Waals surface area contributed by atoms with E-state index < -0.39 is 11.6 Å². The predicted octanol–water partition coefficient (Wildman–Crippen LogP) is 3.96. The van der Waals surface area contributed by atoms with E-state index in [1.54, 1.807) is 0 Å². The Bertz CT molecular complexity index is 1020. The van der Waals surface area contributed by atoms with Gasteiger partial charge >= 0.3 is 11.6 Å². The summed E-state index contributed by atoms with van der Waals surface area (Å²) in [4.78, 5) is 23.1. The molecule has 4 nitrogen and oxygen atoms in total. The summed E-state index contributed by atoms with van der Waals surface area (Å²) >= 11 is 0. The molecule has 120 valence electrons. The van der Waals surface area contributed by atoms with Crippen LogP contribution in [0.4, 0.5) is 0 Å². The smallest absolute Gasteiger partial charge is 0.336 e. The Hall–Kier alpha value is -2.88. The SMILES string of the molecule is Cc1ccccc1-c1cc(=O)oc2cc(C3CC3C(=O)O)ccc12. The van der Waals surface area contributed by atoms with E-state index in [0.29, 0.717) is 12.0 Å². The van der Waals surface area contributed by atoms with E-state index in [9.17, 15) is 9.59 Å². The van der Waals surface area contributed by atoms with Crippen LogP contribution in [0.3, 0.4) is 0 Å². The lowest BCUT2D eigenvalue weighted by atomic mass is 9.96. The van der Waals surface area contributed by atoms with Crippen LogP contribution in [-0.2, 0) is 4.79 Å². The van der Waals surface area contributed by atoms with E-state index in [0.717, 1.165) is 27.6 Å². The Morgan fingerprint density at radius 1 is 1.12 bits per heavy atom. The van der Waals surface area contributed by atoms with Crippen molar-refractivity contribution in [3.8, 4) is 11.1 Å². The lowest BCUT2D eigenvalue weighted by molar-refractivity contribution is -0.138. The molecule has 2 aromatic carbocycles. The van der Waals surface area contributed by atoms with Crippen molar-refractivity contribution in [3.63, 3.8) is 0 Å². The lowest BCUT2D eigenvalue weighted by Crippen LogP contribution is -2.01. The zero-order chi connectivity index (χ0) is 16.8. The van der Waals surface area contributed by atoms with Crippen molar-refractivity contribution in [2.45, 2.75) is 19.3 Å². The number of hydrogen-bond acceptors (Lipinski definition) is 3. The van der Waals surface area contributed by atoms with Gasteiger partial charge in [-0.25, -0.2) is 4.79 Å². The second-order valence-corrected chi connectivity index (χ2v) is 6.34. The molecular weight excluding hydrogens is 304 g/mol. The fraction of sp³-hybridized carbons (Fsp3) is 0.200. The van der Waals surface area contributed by atoms with Gasteiger partial charge in [-0.15, -0.1) is 0 Å². The minimum atomic E-state index is -0.768. The largest absolute Gasteiger partial charge is 0.481 e. The molecule has 1 heterocycles. The Balaban J connectivity index is 1.87. The Kier molecular flexibility index (Phi) is 3.27. The lowest BCUT2D eigenvalue weighted by Gasteiger charge is -2.09. The number of benzene rings is 2. The van der Waals surface area contributed by atoms with Crippen LogP contribution < -0.4 is 5.63 Å². The summed E-state index contributed by atoms with van der Waals surface area (Å²) in [5.74, 6) is -1.08. The van der Waals surface area contributed by atoms with Gasteiger partial charge in [-0.3, -0.25) is 4.79 Å². The van der Waals surface area contributed by atoms with E-state index in [2.05, 4.69) is 0 Å². The van der Waals surface area contributed by atoms with Gasteiger partial charge in [-0.2, -0.15) is 0 Å². The third kappa shape index (κ3) is 2.40. The number of aryl methyl sites for hydroxylation is 1. The number of hydrogen-bond donors (Lipinski definition) is 1. The summed E-state index contributed by atoms with van der Waals surface area (Å²) in [5, 5.41) is 9.95. The number of fused-ring (bicyclic) bond motifs is 1. The Morgan fingerprint density at radius 3 is 2.62 bits per heavy atom. The van der Waals surface area contributed by atoms with Gasteiger partial charge in [0.25, 0.3) is 0 Å².